The third kappa shape index (κ3) is 3.34. The van der Waals surface area contributed by atoms with Crippen LogP contribution in [0, 0.1) is 11.3 Å². The fourth-order valence-corrected chi connectivity index (χ4v) is 2.77. The normalized spacial score (nSPS) is 16.6. The summed E-state index contributed by atoms with van der Waals surface area (Å²) in [4.78, 5) is 22.8. The van der Waals surface area contributed by atoms with Gasteiger partial charge in [-0.1, -0.05) is 36.4 Å². The number of hydrogen-bond acceptors (Lipinski definition) is 5. The number of nitrogens with one attached hydrogen (secondary N) is 2. The van der Waals surface area contributed by atoms with E-state index in [2.05, 4.69) is 23.3 Å². The number of nitriles is 1. The van der Waals surface area contributed by atoms with E-state index in [0.29, 0.717) is 11.3 Å². The number of hydrogen-bond donors (Lipinski definition) is 4. The first-order chi connectivity index (χ1) is 12.0. The average Bonchev–Trinajstić information content (AvgIpc) is 2.61. The molecule has 1 unspecified atom stereocenters. The molecule has 1 aliphatic heterocycles. The van der Waals surface area contributed by atoms with Gasteiger partial charge in [0.1, 0.15) is 17.1 Å². The standard InChI is InChI=1S/C18H13N3O3S/c19-9-14-15(20-18(25)21-16(14)22)12-5-1-10(2-6-12)11-3-7-13(8-4-11)17(23)24/h1-8,18,20,25H,(H,21,22)(H,23,24). The highest BCUT2D eigenvalue weighted by atomic mass is 32.1. The fourth-order valence-electron chi connectivity index (χ4n) is 2.52. The molecule has 3 N–H and O–H groups in total. The number of benzene rings is 2. The second kappa shape index (κ2) is 6.71. The summed E-state index contributed by atoms with van der Waals surface area (Å²) in [6.07, 6.45) is 0. The van der Waals surface area contributed by atoms with Gasteiger partial charge < -0.3 is 15.7 Å². The molecule has 3 rings (SSSR count). The highest BCUT2D eigenvalue weighted by Gasteiger charge is 2.25. The van der Waals surface area contributed by atoms with E-state index in [1.807, 2.05) is 18.2 Å². The van der Waals surface area contributed by atoms with Crippen molar-refractivity contribution in [3.63, 3.8) is 0 Å². The largest absolute Gasteiger partial charge is 0.478 e. The molecule has 1 atom stereocenters. The summed E-state index contributed by atoms with van der Waals surface area (Å²) in [7, 11) is 0. The van der Waals surface area contributed by atoms with Crippen molar-refractivity contribution in [3.8, 4) is 17.2 Å². The summed E-state index contributed by atoms with van der Waals surface area (Å²) in [6, 6.07) is 15.7. The van der Waals surface area contributed by atoms with Crippen LogP contribution in [0.1, 0.15) is 15.9 Å². The first kappa shape index (κ1) is 16.6. The van der Waals surface area contributed by atoms with Crippen molar-refractivity contribution in [2.24, 2.45) is 0 Å². The zero-order valence-electron chi connectivity index (χ0n) is 12.9. The molecule has 25 heavy (non-hydrogen) atoms. The number of carbonyl (C=O) groups is 2. The summed E-state index contributed by atoms with van der Waals surface area (Å²) >= 11 is 4.18. The lowest BCUT2D eigenvalue weighted by molar-refractivity contribution is -0.117. The maximum absolute atomic E-state index is 11.9. The highest BCUT2D eigenvalue weighted by molar-refractivity contribution is 7.80. The molecule has 2 aromatic carbocycles. The molecule has 1 aliphatic rings. The minimum Gasteiger partial charge on any atom is -0.478 e. The van der Waals surface area contributed by atoms with E-state index in [9.17, 15) is 14.9 Å². The van der Waals surface area contributed by atoms with E-state index in [0.717, 1.165) is 11.1 Å². The van der Waals surface area contributed by atoms with E-state index in [4.69, 9.17) is 5.11 Å². The lowest BCUT2D eigenvalue weighted by Gasteiger charge is -2.24. The zero-order valence-corrected chi connectivity index (χ0v) is 13.7. The Morgan fingerprint density at radius 1 is 1.00 bits per heavy atom. The number of nitrogens with zero attached hydrogens (tertiary/aromatic N) is 1. The second-order valence-corrected chi connectivity index (χ2v) is 5.86. The van der Waals surface area contributed by atoms with Crippen molar-refractivity contribution < 1.29 is 14.7 Å². The first-order valence-electron chi connectivity index (χ1n) is 7.33. The van der Waals surface area contributed by atoms with Crippen LogP contribution in [0.4, 0.5) is 0 Å². The number of thiol groups is 1. The van der Waals surface area contributed by atoms with E-state index < -0.39 is 17.4 Å². The number of carbonyl (C=O) groups excluding carboxylic acids is 1. The first-order valence-corrected chi connectivity index (χ1v) is 7.85. The lowest BCUT2D eigenvalue weighted by atomic mass is 9.99. The minimum absolute atomic E-state index is 0.00358. The van der Waals surface area contributed by atoms with Crippen LogP contribution >= 0.6 is 12.6 Å². The average molecular weight is 351 g/mol. The Bertz CT molecular complexity index is 912. The molecule has 6 nitrogen and oxygen atoms in total. The monoisotopic (exact) mass is 351 g/mol. The molecule has 0 saturated heterocycles. The molecule has 0 aromatic heterocycles. The third-order valence-corrected chi connectivity index (χ3v) is 4.03. The Morgan fingerprint density at radius 2 is 1.52 bits per heavy atom. The van der Waals surface area contributed by atoms with E-state index in [1.54, 1.807) is 36.4 Å². The highest BCUT2D eigenvalue weighted by Crippen LogP contribution is 2.25. The van der Waals surface area contributed by atoms with Crippen LogP contribution in [0.25, 0.3) is 16.8 Å². The van der Waals surface area contributed by atoms with Crippen LogP contribution in [-0.2, 0) is 4.79 Å². The smallest absolute Gasteiger partial charge is 0.335 e. The Kier molecular flexibility index (Phi) is 4.46. The Morgan fingerprint density at radius 3 is 2.04 bits per heavy atom. The van der Waals surface area contributed by atoms with Gasteiger partial charge in [0.2, 0.25) is 0 Å². The topological polar surface area (TPSA) is 102 Å². The molecule has 0 bridgehead atoms. The quantitative estimate of drug-likeness (QED) is 0.635. The van der Waals surface area contributed by atoms with Gasteiger partial charge in [-0.05, 0) is 28.8 Å². The van der Waals surface area contributed by atoms with Gasteiger partial charge in [-0.2, -0.15) is 5.26 Å². The number of carboxylic acid groups (broad SMARTS) is 1. The summed E-state index contributed by atoms with van der Waals surface area (Å²) in [5.41, 5.74) is 2.54. The third-order valence-electron chi connectivity index (χ3n) is 3.78. The minimum atomic E-state index is -0.971. The second-order valence-electron chi connectivity index (χ2n) is 5.34. The summed E-state index contributed by atoms with van der Waals surface area (Å²) in [6.45, 7) is 0. The molecular formula is C18H13N3O3S. The van der Waals surface area contributed by atoms with Gasteiger partial charge in [0.15, 0.2) is 0 Å². The van der Waals surface area contributed by atoms with Crippen molar-refractivity contribution in [2.45, 2.75) is 5.50 Å². The van der Waals surface area contributed by atoms with Crippen molar-refractivity contribution in [1.29, 1.82) is 5.26 Å². The molecule has 7 heteroatoms. The lowest BCUT2D eigenvalue weighted by Crippen LogP contribution is -2.46. The van der Waals surface area contributed by atoms with E-state index >= 15 is 0 Å². The predicted octanol–water partition coefficient (Wildman–Crippen LogP) is 2.22. The summed E-state index contributed by atoms with van der Waals surface area (Å²) in [5, 5.41) is 23.6. The van der Waals surface area contributed by atoms with Crippen LogP contribution in [-0.4, -0.2) is 22.5 Å². The molecule has 0 radical (unpaired) electrons. The molecular weight excluding hydrogens is 338 g/mol. The van der Waals surface area contributed by atoms with Crippen LogP contribution in [0.15, 0.2) is 54.1 Å². The number of rotatable bonds is 3. The van der Waals surface area contributed by atoms with Gasteiger partial charge in [0.25, 0.3) is 5.91 Å². The van der Waals surface area contributed by atoms with E-state index in [-0.39, 0.29) is 11.1 Å². The van der Waals surface area contributed by atoms with Crippen LogP contribution < -0.4 is 10.6 Å². The molecule has 1 amide bonds. The van der Waals surface area contributed by atoms with Gasteiger partial charge in [-0.15, -0.1) is 12.6 Å². The Balaban J connectivity index is 1.93. The van der Waals surface area contributed by atoms with Crippen molar-refractivity contribution in [2.75, 3.05) is 0 Å². The van der Waals surface area contributed by atoms with Crippen LogP contribution in [0.3, 0.4) is 0 Å². The van der Waals surface area contributed by atoms with E-state index in [1.165, 1.54) is 0 Å². The SMILES string of the molecule is N#CC1=C(c2ccc(-c3ccc(C(=O)O)cc3)cc2)NC(S)NC1=O. The van der Waals surface area contributed by atoms with Gasteiger partial charge in [-0.3, -0.25) is 4.79 Å². The fraction of sp³-hybridized carbons (Fsp3) is 0.0556. The molecule has 0 spiro atoms. The molecule has 0 saturated carbocycles. The van der Waals surface area contributed by atoms with Crippen molar-refractivity contribution in [3.05, 3.63) is 65.2 Å². The summed E-state index contributed by atoms with van der Waals surface area (Å²) < 4.78 is 0. The zero-order chi connectivity index (χ0) is 18.0. The van der Waals surface area contributed by atoms with Crippen LogP contribution in [0.5, 0.6) is 0 Å². The van der Waals surface area contributed by atoms with Gasteiger partial charge in [-0.25, -0.2) is 4.79 Å². The Labute approximate surface area is 149 Å². The summed E-state index contributed by atoms with van der Waals surface area (Å²) in [5.74, 6) is -1.44. The number of amides is 1. The van der Waals surface area contributed by atoms with Crippen molar-refractivity contribution >= 4 is 30.2 Å². The molecule has 1 heterocycles. The molecule has 124 valence electrons. The van der Waals surface area contributed by atoms with Gasteiger partial charge in [0.05, 0.1) is 11.3 Å². The van der Waals surface area contributed by atoms with Crippen molar-refractivity contribution in [1.82, 2.24) is 10.6 Å². The molecule has 0 aliphatic carbocycles. The van der Waals surface area contributed by atoms with Gasteiger partial charge in [0, 0.05) is 0 Å². The number of aromatic carboxylic acids is 1. The number of carboxylic acids is 1. The maximum Gasteiger partial charge on any atom is 0.335 e. The van der Waals surface area contributed by atoms with Crippen LogP contribution in [0.2, 0.25) is 0 Å². The predicted molar refractivity (Wildman–Crippen MR) is 95.4 cm³/mol. The molecule has 2 aromatic rings. The Hall–Kier alpha value is -3.24. The van der Waals surface area contributed by atoms with Gasteiger partial charge >= 0.3 is 5.97 Å². The maximum atomic E-state index is 11.9. The molecule has 0 fully saturated rings.